The summed E-state index contributed by atoms with van der Waals surface area (Å²) in [5, 5.41) is 4.71. The quantitative estimate of drug-likeness (QED) is 0.666. The molecule has 5 nitrogen and oxygen atoms in total. The summed E-state index contributed by atoms with van der Waals surface area (Å²) in [6, 6.07) is 11.8. The van der Waals surface area contributed by atoms with Crippen LogP contribution in [0.2, 0.25) is 0 Å². The molecule has 0 radical (unpaired) electrons. The van der Waals surface area contributed by atoms with E-state index < -0.39 is 0 Å². The molecule has 1 fully saturated rings. The van der Waals surface area contributed by atoms with Crippen molar-refractivity contribution in [3.63, 3.8) is 0 Å². The molecule has 4 rings (SSSR count). The predicted molar refractivity (Wildman–Crippen MR) is 110 cm³/mol. The van der Waals surface area contributed by atoms with E-state index in [-0.39, 0.29) is 0 Å². The molecule has 2 heterocycles. The Morgan fingerprint density at radius 2 is 1.89 bits per heavy atom. The van der Waals surface area contributed by atoms with Gasteiger partial charge in [-0.15, -0.1) is 5.10 Å². The maximum absolute atomic E-state index is 5.70. The van der Waals surface area contributed by atoms with Gasteiger partial charge in [-0.1, -0.05) is 38.1 Å². The molecule has 0 spiro atoms. The van der Waals surface area contributed by atoms with E-state index in [1.807, 2.05) is 16.0 Å². The van der Waals surface area contributed by atoms with E-state index in [0.29, 0.717) is 17.7 Å². The first kappa shape index (κ1) is 18.3. The van der Waals surface area contributed by atoms with Crippen molar-refractivity contribution in [3.8, 4) is 0 Å². The van der Waals surface area contributed by atoms with E-state index in [2.05, 4.69) is 56.1 Å². The van der Waals surface area contributed by atoms with Gasteiger partial charge in [-0.05, 0) is 43.6 Å². The van der Waals surface area contributed by atoms with Crippen LogP contribution in [-0.2, 0) is 13.2 Å². The number of benzene rings is 1. The van der Waals surface area contributed by atoms with E-state index in [4.69, 9.17) is 17.3 Å². The lowest BCUT2D eigenvalue weighted by Crippen LogP contribution is -3.11. The third kappa shape index (κ3) is 3.82. The van der Waals surface area contributed by atoms with Gasteiger partial charge in [0.25, 0.3) is 5.78 Å². The summed E-state index contributed by atoms with van der Waals surface area (Å²) >= 11 is 5.70. The van der Waals surface area contributed by atoms with Crippen molar-refractivity contribution in [1.29, 1.82) is 0 Å². The highest BCUT2D eigenvalue weighted by molar-refractivity contribution is 7.71. The van der Waals surface area contributed by atoms with Crippen molar-refractivity contribution < 1.29 is 4.90 Å². The van der Waals surface area contributed by atoms with E-state index in [1.54, 1.807) is 0 Å². The van der Waals surface area contributed by atoms with Crippen LogP contribution in [-0.4, -0.2) is 25.2 Å². The molecular formula is C21H28N5S+. The zero-order valence-corrected chi connectivity index (χ0v) is 17.4. The molecule has 0 saturated heterocycles. The second-order valence-electron chi connectivity index (χ2n) is 8.12. The van der Waals surface area contributed by atoms with Gasteiger partial charge in [0.1, 0.15) is 6.54 Å². The minimum Gasteiger partial charge on any atom is -0.310 e. The molecule has 1 unspecified atom stereocenters. The first-order valence-electron chi connectivity index (χ1n) is 9.79. The largest absolute Gasteiger partial charge is 0.310 e. The molecule has 1 atom stereocenters. The van der Waals surface area contributed by atoms with E-state index >= 15 is 0 Å². The summed E-state index contributed by atoms with van der Waals surface area (Å²) in [5.74, 6) is 1.27. The van der Waals surface area contributed by atoms with E-state index in [1.165, 1.54) is 28.9 Å². The van der Waals surface area contributed by atoms with Gasteiger partial charge in [0.2, 0.25) is 4.77 Å². The van der Waals surface area contributed by atoms with Gasteiger partial charge >= 0.3 is 0 Å². The van der Waals surface area contributed by atoms with Crippen LogP contribution in [0.5, 0.6) is 0 Å². The number of hydrogen-bond donors (Lipinski definition) is 1. The third-order valence-electron chi connectivity index (χ3n) is 5.45. The standard InChI is InChI=1S/C21H27N5S/c1-14(2)18-7-5-17(6-8-18)12-24(19-9-10-19)13-25-21(27)26-16(4)11-15(3)22-20(26)23-25/h5-8,11,14,19H,9-10,12-13H2,1-4H3/p+1. The van der Waals surface area contributed by atoms with Crippen molar-refractivity contribution in [3.05, 3.63) is 57.6 Å². The maximum atomic E-state index is 5.70. The van der Waals surface area contributed by atoms with Gasteiger partial charge < -0.3 is 4.90 Å². The lowest BCUT2D eigenvalue weighted by atomic mass is 10.0. The smallest absolute Gasteiger partial charge is 0.254 e. The van der Waals surface area contributed by atoms with Gasteiger partial charge in [0.05, 0.1) is 6.04 Å². The number of quaternary nitrogens is 1. The molecule has 1 saturated carbocycles. The number of nitrogens with zero attached hydrogens (tertiary/aromatic N) is 4. The minimum absolute atomic E-state index is 0.571. The summed E-state index contributed by atoms with van der Waals surface area (Å²) in [7, 11) is 0. The number of aryl methyl sites for hydroxylation is 2. The molecule has 2 aromatic heterocycles. The highest BCUT2D eigenvalue weighted by Crippen LogP contribution is 2.18. The van der Waals surface area contributed by atoms with Gasteiger partial charge in [-0.25, -0.2) is 4.98 Å². The van der Waals surface area contributed by atoms with Crippen LogP contribution < -0.4 is 4.90 Å². The molecule has 27 heavy (non-hydrogen) atoms. The summed E-state index contributed by atoms with van der Waals surface area (Å²) < 4.78 is 4.67. The summed E-state index contributed by atoms with van der Waals surface area (Å²) in [6.07, 6.45) is 2.58. The summed E-state index contributed by atoms with van der Waals surface area (Å²) in [4.78, 5) is 6.08. The number of aromatic nitrogens is 4. The van der Waals surface area contributed by atoms with Crippen LogP contribution in [0, 0.1) is 18.6 Å². The first-order valence-corrected chi connectivity index (χ1v) is 10.2. The second-order valence-corrected chi connectivity index (χ2v) is 8.49. The highest BCUT2D eigenvalue weighted by Gasteiger charge is 2.34. The Hall–Kier alpha value is -2.05. The van der Waals surface area contributed by atoms with Crippen molar-refractivity contribution in [1.82, 2.24) is 19.2 Å². The number of hydrogen-bond acceptors (Lipinski definition) is 3. The van der Waals surface area contributed by atoms with Crippen molar-refractivity contribution >= 4 is 18.0 Å². The summed E-state index contributed by atoms with van der Waals surface area (Å²) in [6.45, 7) is 10.3. The maximum Gasteiger partial charge on any atom is 0.254 e. The van der Waals surface area contributed by atoms with Gasteiger partial charge in [-0.2, -0.15) is 4.68 Å². The van der Waals surface area contributed by atoms with E-state index in [0.717, 1.165) is 29.4 Å². The lowest BCUT2D eigenvalue weighted by molar-refractivity contribution is -0.947. The Bertz CT molecular complexity index is 1010. The first-order chi connectivity index (χ1) is 12.9. The Kier molecular flexibility index (Phi) is 4.86. The molecular weight excluding hydrogens is 354 g/mol. The molecule has 142 valence electrons. The Morgan fingerprint density at radius 1 is 1.19 bits per heavy atom. The molecule has 0 bridgehead atoms. The number of rotatable bonds is 6. The number of nitrogens with one attached hydrogen (secondary N) is 1. The van der Waals surface area contributed by atoms with Gasteiger partial charge in [0.15, 0.2) is 6.67 Å². The molecule has 0 aliphatic heterocycles. The third-order valence-corrected chi connectivity index (χ3v) is 5.85. The molecule has 1 aromatic carbocycles. The van der Waals surface area contributed by atoms with Crippen molar-refractivity contribution in [2.24, 2.45) is 0 Å². The zero-order chi connectivity index (χ0) is 19.1. The van der Waals surface area contributed by atoms with Gasteiger partial charge in [0, 0.05) is 29.8 Å². The highest BCUT2D eigenvalue weighted by atomic mass is 32.1. The summed E-state index contributed by atoms with van der Waals surface area (Å²) in [5.41, 5.74) is 4.84. The van der Waals surface area contributed by atoms with Crippen LogP contribution in [0.3, 0.4) is 0 Å². The van der Waals surface area contributed by atoms with Crippen LogP contribution in [0.1, 0.15) is 55.1 Å². The Morgan fingerprint density at radius 3 is 2.52 bits per heavy atom. The fraction of sp³-hybridized carbons (Fsp3) is 0.476. The van der Waals surface area contributed by atoms with Crippen LogP contribution in [0.15, 0.2) is 30.3 Å². The fourth-order valence-electron chi connectivity index (χ4n) is 3.73. The Labute approximate surface area is 165 Å². The molecule has 1 aliphatic rings. The topological polar surface area (TPSA) is 39.6 Å². The lowest BCUT2D eigenvalue weighted by Gasteiger charge is -2.19. The van der Waals surface area contributed by atoms with Crippen LogP contribution in [0.4, 0.5) is 0 Å². The number of fused-ring (bicyclic) bond motifs is 1. The zero-order valence-electron chi connectivity index (χ0n) is 16.6. The molecule has 3 aromatic rings. The molecule has 1 aliphatic carbocycles. The van der Waals surface area contributed by atoms with Crippen LogP contribution in [0.25, 0.3) is 5.78 Å². The van der Waals surface area contributed by atoms with E-state index in [9.17, 15) is 0 Å². The fourth-order valence-corrected chi connectivity index (χ4v) is 4.06. The van der Waals surface area contributed by atoms with Crippen molar-refractivity contribution in [2.75, 3.05) is 0 Å². The SMILES string of the molecule is Cc1cc(C)n2c(=S)n(C[NH+](Cc3ccc(C(C)C)cc3)C3CC3)nc2n1. The van der Waals surface area contributed by atoms with Crippen molar-refractivity contribution in [2.45, 2.75) is 65.7 Å². The average molecular weight is 383 g/mol. The molecule has 6 heteroatoms. The van der Waals surface area contributed by atoms with Crippen LogP contribution >= 0.6 is 12.2 Å². The Balaban J connectivity index is 1.59. The van der Waals surface area contributed by atoms with Gasteiger partial charge in [-0.3, -0.25) is 4.40 Å². The average Bonchev–Trinajstić information content (AvgIpc) is 3.40. The monoisotopic (exact) mass is 382 g/mol. The minimum atomic E-state index is 0.571. The molecule has 0 amide bonds. The second kappa shape index (κ2) is 7.17. The predicted octanol–water partition coefficient (Wildman–Crippen LogP) is 3.21. The normalized spacial score (nSPS) is 15.6. The molecule has 1 N–H and O–H groups in total.